The van der Waals surface area contributed by atoms with Crippen molar-refractivity contribution in [2.75, 3.05) is 6.54 Å². The second kappa shape index (κ2) is 6.03. The van der Waals surface area contributed by atoms with E-state index in [1.807, 2.05) is 0 Å². The van der Waals surface area contributed by atoms with Crippen LogP contribution in [0.15, 0.2) is 12.4 Å². The van der Waals surface area contributed by atoms with E-state index in [4.69, 9.17) is 0 Å². The second-order valence-corrected chi connectivity index (χ2v) is 5.61. The van der Waals surface area contributed by atoms with Gasteiger partial charge in [0.1, 0.15) is 0 Å². The minimum atomic E-state index is 0.135. The van der Waals surface area contributed by atoms with E-state index in [1.54, 1.807) is 12.4 Å². The molecule has 18 heavy (non-hydrogen) atoms. The van der Waals surface area contributed by atoms with Crippen LogP contribution >= 0.6 is 0 Å². The van der Waals surface area contributed by atoms with Crippen molar-refractivity contribution in [1.29, 1.82) is 0 Å². The van der Waals surface area contributed by atoms with Gasteiger partial charge in [0, 0.05) is 18.8 Å². The summed E-state index contributed by atoms with van der Waals surface area (Å²) in [5.74, 6) is 0.766. The van der Waals surface area contributed by atoms with Gasteiger partial charge in [0.2, 0.25) is 0 Å². The molecule has 2 rings (SSSR count). The van der Waals surface area contributed by atoms with Gasteiger partial charge in [0.25, 0.3) is 5.91 Å². The molecule has 1 aliphatic carbocycles. The summed E-state index contributed by atoms with van der Waals surface area (Å²) in [5.41, 5.74) is 0.686. The average Bonchev–Trinajstić information content (AvgIpc) is 3.01. The lowest BCUT2D eigenvalue weighted by atomic mass is 10.1. The molecular weight excluding hydrogens is 226 g/mol. The van der Waals surface area contributed by atoms with E-state index in [0.717, 1.165) is 25.8 Å². The molecule has 0 aromatic carbocycles. The fourth-order valence-electron chi connectivity index (χ4n) is 2.60. The highest BCUT2D eigenvalue weighted by atomic mass is 16.2. The molecule has 1 saturated carbocycles. The summed E-state index contributed by atoms with van der Waals surface area (Å²) in [5, 5.41) is 6.60. The van der Waals surface area contributed by atoms with E-state index in [0.29, 0.717) is 17.5 Å². The lowest BCUT2D eigenvalue weighted by molar-refractivity contribution is 0.0672. The third-order valence-corrected chi connectivity index (χ3v) is 3.72. The number of carbonyl (C=O) groups is 1. The molecule has 0 atom stereocenters. The van der Waals surface area contributed by atoms with Crippen molar-refractivity contribution in [3.63, 3.8) is 0 Å². The molecule has 1 N–H and O–H groups in total. The van der Waals surface area contributed by atoms with Crippen LogP contribution in [0, 0.1) is 5.92 Å². The zero-order valence-corrected chi connectivity index (χ0v) is 11.4. The van der Waals surface area contributed by atoms with E-state index < -0.39 is 0 Å². The summed E-state index contributed by atoms with van der Waals surface area (Å²) in [7, 11) is 0. The number of rotatable bonds is 5. The second-order valence-electron chi connectivity index (χ2n) is 5.61. The van der Waals surface area contributed by atoms with Gasteiger partial charge in [-0.2, -0.15) is 5.10 Å². The normalized spacial score (nSPS) is 16.4. The van der Waals surface area contributed by atoms with Gasteiger partial charge in [-0.05, 0) is 25.2 Å². The summed E-state index contributed by atoms with van der Waals surface area (Å²) in [6, 6.07) is 0.436. The molecule has 0 bridgehead atoms. The molecule has 1 heterocycles. The van der Waals surface area contributed by atoms with E-state index in [9.17, 15) is 4.79 Å². The van der Waals surface area contributed by atoms with Gasteiger partial charge in [-0.25, -0.2) is 0 Å². The zero-order chi connectivity index (χ0) is 13.0. The van der Waals surface area contributed by atoms with Gasteiger partial charge in [0.05, 0.1) is 11.8 Å². The number of carbonyl (C=O) groups excluding carboxylic acids is 1. The first kappa shape index (κ1) is 13.1. The molecule has 1 fully saturated rings. The SMILES string of the molecule is CC(C)CCN(C(=O)c1cn[nH]c1)C1CCCC1. The summed E-state index contributed by atoms with van der Waals surface area (Å²) < 4.78 is 0. The van der Waals surface area contributed by atoms with Crippen LogP contribution in [-0.4, -0.2) is 33.6 Å². The fraction of sp³-hybridized carbons (Fsp3) is 0.714. The van der Waals surface area contributed by atoms with Gasteiger partial charge in [-0.1, -0.05) is 26.7 Å². The fourth-order valence-corrected chi connectivity index (χ4v) is 2.60. The molecule has 4 nitrogen and oxygen atoms in total. The number of nitrogens with one attached hydrogen (secondary N) is 1. The smallest absolute Gasteiger partial charge is 0.257 e. The summed E-state index contributed by atoms with van der Waals surface area (Å²) in [6.45, 7) is 5.27. The molecule has 1 aromatic heterocycles. The Balaban J connectivity index is 2.05. The van der Waals surface area contributed by atoms with Gasteiger partial charge in [-0.3, -0.25) is 9.89 Å². The van der Waals surface area contributed by atoms with Crippen molar-refractivity contribution < 1.29 is 4.79 Å². The molecule has 0 spiro atoms. The van der Waals surface area contributed by atoms with Gasteiger partial charge >= 0.3 is 0 Å². The highest BCUT2D eigenvalue weighted by Crippen LogP contribution is 2.25. The monoisotopic (exact) mass is 249 g/mol. The minimum absolute atomic E-state index is 0.135. The topological polar surface area (TPSA) is 49.0 Å². The summed E-state index contributed by atoms with van der Waals surface area (Å²) in [4.78, 5) is 14.5. The van der Waals surface area contributed by atoms with E-state index in [2.05, 4.69) is 28.9 Å². The van der Waals surface area contributed by atoms with E-state index in [-0.39, 0.29) is 5.91 Å². The summed E-state index contributed by atoms with van der Waals surface area (Å²) in [6.07, 6.45) is 9.20. The Bertz CT molecular complexity index is 366. The first-order valence-corrected chi connectivity index (χ1v) is 6.98. The number of H-pyrrole nitrogens is 1. The molecule has 100 valence electrons. The van der Waals surface area contributed by atoms with Gasteiger partial charge in [0.15, 0.2) is 0 Å². The van der Waals surface area contributed by atoms with Crippen molar-refractivity contribution in [3.05, 3.63) is 18.0 Å². The Morgan fingerprint density at radius 2 is 2.22 bits per heavy atom. The molecule has 1 aliphatic rings. The third kappa shape index (κ3) is 3.12. The molecule has 0 radical (unpaired) electrons. The Morgan fingerprint density at radius 3 is 2.78 bits per heavy atom. The molecule has 0 saturated heterocycles. The lowest BCUT2D eigenvalue weighted by Crippen LogP contribution is -2.39. The van der Waals surface area contributed by atoms with Crippen LogP contribution < -0.4 is 0 Å². The molecule has 0 unspecified atom stereocenters. The first-order chi connectivity index (χ1) is 8.68. The lowest BCUT2D eigenvalue weighted by Gasteiger charge is -2.29. The quantitative estimate of drug-likeness (QED) is 0.872. The largest absolute Gasteiger partial charge is 0.336 e. The predicted molar refractivity (Wildman–Crippen MR) is 71.3 cm³/mol. The maximum absolute atomic E-state index is 12.5. The molecule has 4 heteroatoms. The van der Waals surface area contributed by atoms with Crippen LogP contribution in [0.25, 0.3) is 0 Å². The van der Waals surface area contributed by atoms with Crippen molar-refractivity contribution in [2.24, 2.45) is 5.92 Å². The van der Waals surface area contributed by atoms with Crippen LogP contribution in [0.1, 0.15) is 56.3 Å². The molecule has 0 aliphatic heterocycles. The van der Waals surface area contributed by atoms with Crippen molar-refractivity contribution >= 4 is 5.91 Å². The maximum atomic E-state index is 12.5. The number of aromatic amines is 1. The van der Waals surface area contributed by atoms with E-state index in [1.165, 1.54) is 12.8 Å². The summed E-state index contributed by atoms with van der Waals surface area (Å²) >= 11 is 0. The minimum Gasteiger partial charge on any atom is -0.336 e. The number of hydrogen-bond acceptors (Lipinski definition) is 2. The van der Waals surface area contributed by atoms with Crippen LogP contribution in [0.4, 0.5) is 0 Å². The Labute approximate surface area is 109 Å². The standard InChI is InChI=1S/C14H23N3O/c1-11(2)7-8-17(13-5-3-4-6-13)14(18)12-9-15-16-10-12/h9-11,13H,3-8H2,1-2H3,(H,15,16). The Hall–Kier alpha value is -1.32. The highest BCUT2D eigenvalue weighted by Gasteiger charge is 2.27. The first-order valence-electron chi connectivity index (χ1n) is 6.98. The Kier molecular flexibility index (Phi) is 4.39. The number of hydrogen-bond donors (Lipinski definition) is 1. The van der Waals surface area contributed by atoms with Gasteiger partial charge in [-0.15, -0.1) is 0 Å². The maximum Gasteiger partial charge on any atom is 0.257 e. The molecule has 1 aromatic rings. The van der Waals surface area contributed by atoms with Crippen LogP contribution in [0.2, 0.25) is 0 Å². The zero-order valence-electron chi connectivity index (χ0n) is 11.4. The van der Waals surface area contributed by atoms with Crippen molar-refractivity contribution in [3.8, 4) is 0 Å². The van der Waals surface area contributed by atoms with Crippen molar-refractivity contribution in [1.82, 2.24) is 15.1 Å². The van der Waals surface area contributed by atoms with Crippen molar-refractivity contribution in [2.45, 2.75) is 52.0 Å². The predicted octanol–water partition coefficient (Wildman–Crippen LogP) is 2.84. The van der Waals surface area contributed by atoms with Crippen LogP contribution in [0.5, 0.6) is 0 Å². The molecular formula is C14H23N3O. The number of aromatic nitrogens is 2. The third-order valence-electron chi connectivity index (χ3n) is 3.72. The highest BCUT2D eigenvalue weighted by molar-refractivity contribution is 5.93. The Morgan fingerprint density at radius 1 is 1.50 bits per heavy atom. The molecule has 1 amide bonds. The average molecular weight is 249 g/mol. The van der Waals surface area contributed by atoms with Crippen LogP contribution in [0.3, 0.4) is 0 Å². The van der Waals surface area contributed by atoms with Crippen LogP contribution in [-0.2, 0) is 0 Å². The van der Waals surface area contributed by atoms with Gasteiger partial charge < -0.3 is 4.90 Å². The van der Waals surface area contributed by atoms with E-state index >= 15 is 0 Å². The number of nitrogens with zero attached hydrogens (tertiary/aromatic N) is 2. The number of amides is 1.